The van der Waals surface area contributed by atoms with Crippen LogP contribution in [0.5, 0.6) is 0 Å². The lowest BCUT2D eigenvalue weighted by molar-refractivity contribution is -0.109. The number of nitrogens with zero attached hydrogens (tertiary/aromatic N) is 3. The molecule has 0 unspecified atom stereocenters. The standard InChI is InChI=1S/C20H26N4OS/c1-14(2)15-10-11-18(17-9-7-6-8-16(15)17)24(19(21)23-22-5)13-26-20(3,4)12-25/h6-12,14H,5,13H2,1-4H3,(H2,21,23). The van der Waals surface area contributed by atoms with Crippen molar-refractivity contribution in [2.75, 3.05) is 10.8 Å². The van der Waals surface area contributed by atoms with Crippen molar-refractivity contribution in [2.45, 2.75) is 38.4 Å². The lowest BCUT2D eigenvalue weighted by atomic mass is 9.95. The summed E-state index contributed by atoms with van der Waals surface area (Å²) in [5.41, 5.74) is 8.38. The number of carbonyl (C=O) groups excluding carboxylic acids is 1. The third kappa shape index (κ3) is 4.43. The topological polar surface area (TPSA) is 71.0 Å². The van der Waals surface area contributed by atoms with E-state index in [1.807, 2.05) is 30.9 Å². The van der Waals surface area contributed by atoms with Gasteiger partial charge in [-0.1, -0.05) is 44.2 Å². The Bertz CT molecular complexity index is 830. The van der Waals surface area contributed by atoms with Crippen molar-refractivity contribution in [1.82, 2.24) is 0 Å². The van der Waals surface area contributed by atoms with Gasteiger partial charge in [0, 0.05) is 12.1 Å². The number of hydrogen-bond donors (Lipinski definition) is 1. The van der Waals surface area contributed by atoms with Crippen LogP contribution in [0.15, 0.2) is 46.6 Å². The maximum atomic E-state index is 11.3. The average Bonchev–Trinajstić information content (AvgIpc) is 2.61. The number of hydrogen-bond acceptors (Lipinski definition) is 4. The molecule has 0 saturated carbocycles. The van der Waals surface area contributed by atoms with Gasteiger partial charge in [-0.3, -0.25) is 0 Å². The molecule has 0 radical (unpaired) electrons. The molecule has 0 spiro atoms. The fourth-order valence-electron chi connectivity index (χ4n) is 2.70. The minimum Gasteiger partial charge on any atom is -0.368 e. The highest BCUT2D eigenvalue weighted by Gasteiger charge is 2.22. The van der Waals surface area contributed by atoms with Gasteiger partial charge in [0.05, 0.1) is 16.3 Å². The monoisotopic (exact) mass is 370 g/mol. The van der Waals surface area contributed by atoms with Crippen LogP contribution in [0, 0.1) is 0 Å². The second-order valence-corrected chi connectivity index (χ2v) is 8.50. The van der Waals surface area contributed by atoms with E-state index in [1.54, 1.807) is 0 Å². The lowest BCUT2D eigenvalue weighted by Gasteiger charge is -2.28. The number of rotatable bonds is 7. The van der Waals surface area contributed by atoms with Crippen LogP contribution < -0.4 is 10.6 Å². The van der Waals surface area contributed by atoms with Gasteiger partial charge in [0.15, 0.2) is 0 Å². The maximum Gasteiger partial charge on any atom is 0.221 e. The molecule has 2 aromatic rings. The van der Waals surface area contributed by atoms with Crippen molar-refractivity contribution in [3.63, 3.8) is 0 Å². The first-order valence-electron chi connectivity index (χ1n) is 8.49. The second kappa shape index (κ2) is 8.36. The summed E-state index contributed by atoms with van der Waals surface area (Å²) in [6.45, 7) is 11.5. The number of aldehydes is 1. The van der Waals surface area contributed by atoms with E-state index in [2.05, 4.69) is 55.0 Å². The highest BCUT2D eigenvalue weighted by Crippen LogP contribution is 2.34. The highest BCUT2D eigenvalue weighted by atomic mass is 32.2. The summed E-state index contributed by atoms with van der Waals surface area (Å²) in [5, 5.41) is 9.76. The van der Waals surface area contributed by atoms with Gasteiger partial charge in [-0.15, -0.1) is 16.9 Å². The Kier molecular flexibility index (Phi) is 6.42. The molecule has 0 heterocycles. The van der Waals surface area contributed by atoms with Crippen molar-refractivity contribution in [3.05, 3.63) is 42.0 Å². The number of benzene rings is 2. The molecule has 2 N–H and O–H groups in total. The molecule has 0 saturated heterocycles. The molecule has 0 aliphatic rings. The van der Waals surface area contributed by atoms with Crippen LogP contribution in [-0.4, -0.2) is 29.6 Å². The molecule has 0 aromatic heterocycles. The van der Waals surface area contributed by atoms with Crippen molar-refractivity contribution in [3.8, 4) is 0 Å². The molecule has 0 aliphatic heterocycles. The first kappa shape index (κ1) is 20.0. The van der Waals surface area contributed by atoms with Crippen LogP contribution in [0.2, 0.25) is 0 Å². The van der Waals surface area contributed by atoms with E-state index in [9.17, 15) is 4.79 Å². The van der Waals surface area contributed by atoms with Crippen molar-refractivity contribution in [2.24, 2.45) is 15.9 Å². The molecule has 138 valence electrons. The second-order valence-electron chi connectivity index (χ2n) is 6.90. The smallest absolute Gasteiger partial charge is 0.221 e. The molecular formula is C20H26N4OS. The predicted octanol–water partition coefficient (Wildman–Crippen LogP) is 4.37. The molecule has 0 atom stereocenters. The van der Waals surface area contributed by atoms with E-state index in [-0.39, 0.29) is 5.96 Å². The molecule has 5 nitrogen and oxygen atoms in total. The number of thioether (sulfide) groups is 1. The Morgan fingerprint density at radius 3 is 2.50 bits per heavy atom. The summed E-state index contributed by atoms with van der Waals surface area (Å²) in [7, 11) is 0. The molecule has 2 rings (SSSR count). The zero-order chi connectivity index (χ0) is 19.3. The number of guanidine groups is 1. The van der Waals surface area contributed by atoms with Gasteiger partial charge < -0.3 is 15.4 Å². The summed E-state index contributed by atoms with van der Waals surface area (Å²) in [6.07, 6.45) is 0.939. The largest absolute Gasteiger partial charge is 0.368 e. The van der Waals surface area contributed by atoms with E-state index in [1.165, 1.54) is 22.7 Å². The quantitative estimate of drug-likeness (QED) is 0.258. The Hall–Kier alpha value is -2.34. The molecule has 26 heavy (non-hydrogen) atoms. The van der Waals surface area contributed by atoms with Gasteiger partial charge in [-0.25, -0.2) is 0 Å². The van der Waals surface area contributed by atoms with Crippen molar-refractivity contribution >= 4 is 47.2 Å². The Balaban J connectivity index is 2.58. The average molecular weight is 371 g/mol. The molecule has 0 fully saturated rings. The molecule has 2 aromatic carbocycles. The van der Waals surface area contributed by atoms with Crippen molar-refractivity contribution in [1.29, 1.82) is 0 Å². The van der Waals surface area contributed by atoms with Gasteiger partial charge in [0.1, 0.15) is 6.29 Å². The van der Waals surface area contributed by atoms with Crippen LogP contribution in [0.4, 0.5) is 5.69 Å². The molecule has 0 bridgehead atoms. The van der Waals surface area contributed by atoms with Crippen LogP contribution in [0.3, 0.4) is 0 Å². The van der Waals surface area contributed by atoms with Gasteiger partial charge >= 0.3 is 0 Å². The zero-order valence-corrected chi connectivity index (χ0v) is 16.6. The van der Waals surface area contributed by atoms with Gasteiger partial charge in [-0.2, -0.15) is 5.10 Å². The first-order valence-corrected chi connectivity index (χ1v) is 9.48. The van der Waals surface area contributed by atoms with E-state index in [0.29, 0.717) is 11.8 Å². The van der Waals surface area contributed by atoms with Crippen LogP contribution >= 0.6 is 11.8 Å². The minimum atomic E-state index is -0.520. The van der Waals surface area contributed by atoms with Crippen LogP contribution in [-0.2, 0) is 4.79 Å². The van der Waals surface area contributed by atoms with Crippen molar-refractivity contribution < 1.29 is 4.79 Å². The predicted molar refractivity (Wildman–Crippen MR) is 114 cm³/mol. The summed E-state index contributed by atoms with van der Waals surface area (Å²) < 4.78 is -0.520. The Morgan fingerprint density at radius 1 is 1.27 bits per heavy atom. The third-order valence-electron chi connectivity index (χ3n) is 4.15. The van der Waals surface area contributed by atoms with Gasteiger partial charge in [0.2, 0.25) is 5.96 Å². The SMILES string of the molecule is C=N/N=C(/N)N(CSC(C)(C)C=O)c1ccc(C(C)C)c2ccccc12. The number of anilines is 1. The molecule has 0 amide bonds. The van der Waals surface area contributed by atoms with E-state index in [0.717, 1.165) is 17.4 Å². The third-order valence-corrected chi connectivity index (χ3v) is 5.37. The normalized spacial score (nSPS) is 12.4. The summed E-state index contributed by atoms with van der Waals surface area (Å²) in [5.74, 6) is 1.13. The Morgan fingerprint density at radius 2 is 1.92 bits per heavy atom. The fourth-order valence-corrected chi connectivity index (χ4v) is 3.50. The van der Waals surface area contributed by atoms with Gasteiger partial charge in [-0.05, 0) is 36.8 Å². The lowest BCUT2D eigenvalue weighted by Crippen LogP contribution is -2.38. The summed E-state index contributed by atoms with van der Waals surface area (Å²) >= 11 is 1.49. The number of fused-ring (bicyclic) bond motifs is 1. The minimum absolute atomic E-state index is 0.247. The highest BCUT2D eigenvalue weighted by molar-refractivity contribution is 8.01. The molecule has 6 heteroatoms. The fraction of sp³-hybridized carbons (Fsp3) is 0.350. The number of carbonyl (C=O) groups is 1. The molecule has 0 aliphatic carbocycles. The van der Waals surface area contributed by atoms with Crippen LogP contribution in [0.1, 0.15) is 39.2 Å². The summed E-state index contributed by atoms with van der Waals surface area (Å²) in [6, 6.07) is 12.4. The Labute approximate surface area is 159 Å². The first-order chi connectivity index (χ1) is 12.3. The molecular weight excluding hydrogens is 344 g/mol. The zero-order valence-electron chi connectivity index (χ0n) is 15.8. The summed E-state index contributed by atoms with van der Waals surface area (Å²) in [4.78, 5) is 13.1. The van der Waals surface area contributed by atoms with E-state index >= 15 is 0 Å². The van der Waals surface area contributed by atoms with Gasteiger partial charge in [0.25, 0.3) is 0 Å². The van der Waals surface area contributed by atoms with E-state index < -0.39 is 4.75 Å². The number of nitrogens with two attached hydrogens (primary N) is 1. The van der Waals surface area contributed by atoms with E-state index in [4.69, 9.17) is 5.73 Å². The van der Waals surface area contributed by atoms with Crippen LogP contribution in [0.25, 0.3) is 10.8 Å². The maximum absolute atomic E-state index is 11.3.